The summed E-state index contributed by atoms with van der Waals surface area (Å²) in [6.45, 7) is 1.71. The third-order valence-electron chi connectivity index (χ3n) is 8.28. The molecule has 8 nitrogen and oxygen atoms in total. The number of nitrogens with one attached hydrogen (secondary N) is 1. The Hall–Kier alpha value is -2.79. The third kappa shape index (κ3) is 7.35. The van der Waals surface area contributed by atoms with Gasteiger partial charge < -0.3 is 15.0 Å². The largest absolute Gasteiger partial charge is 0.469 e. The van der Waals surface area contributed by atoms with Gasteiger partial charge in [0.25, 0.3) is 11.5 Å². The van der Waals surface area contributed by atoms with E-state index >= 15 is 0 Å². The molecule has 2 heterocycles. The van der Waals surface area contributed by atoms with Gasteiger partial charge in [-0.3, -0.25) is 19.0 Å². The number of amides is 1. The van der Waals surface area contributed by atoms with Gasteiger partial charge >= 0.3 is 5.97 Å². The van der Waals surface area contributed by atoms with Crippen LogP contribution in [0, 0.1) is 0 Å². The second-order valence-electron chi connectivity index (χ2n) is 11.4. The van der Waals surface area contributed by atoms with Crippen LogP contribution in [0.15, 0.2) is 34.2 Å². The Morgan fingerprint density at radius 2 is 1.83 bits per heavy atom. The molecule has 5 rings (SSSR count). The highest BCUT2D eigenvalue weighted by molar-refractivity contribution is 7.99. The van der Waals surface area contributed by atoms with Gasteiger partial charge in [0.05, 0.1) is 37.4 Å². The van der Waals surface area contributed by atoms with E-state index in [9.17, 15) is 23.2 Å². The fraction of sp³-hybridized carbons (Fsp3) is 0.600. The van der Waals surface area contributed by atoms with E-state index in [1.807, 2.05) is 24.3 Å². The summed E-state index contributed by atoms with van der Waals surface area (Å²) in [5.74, 6) is -3.08. The lowest BCUT2D eigenvalue weighted by Crippen LogP contribution is -2.46. The maximum Gasteiger partial charge on any atom is 0.309 e. The SMILES string of the molecule is COC(=O)Cc1ccc(CNCCC(=O)N2CCc3nc(SC4CCCCC4)n(C4CC(F)(F)C4)c(=O)c3C2)cc1. The molecule has 1 N–H and O–H groups in total. The van der Waals surface area contributed by atoms with Crippen molar-refractivity contribution >= 4 is 23.6 Å². The topological polar surface area (TPSA) is 93.5 Å². The number of alkyl halides is 2. The van der Waals surface area contributed by atoms with Crippen LogP contribution in [0.5, 0.6) is 0 Å². The van der Waals surface area contributed by atoms with E-state index in [0.717, 1.165) is 36.8 Å². The first-order valence-corrected chi connectivity index (χ1v) is 15.4. The molecule has 11 heteroatoms. The van der Waals surface area contributed by atoms with Gasteiger partial charge in [0.1, 0.15) is 0 Å². The van der Waals surface area contributed by atoms with E-state index in [1.54, 1.807) is 16.7 Å². The second kappa shape index (κ2) is 13.0. The summed E-state index contributed by atoms with van der Waals surface area (Å²) >= 11 is 1.58. The number of methoxy groups -OCH3 is 1. The Morgan fingerprint density at radius 1 is 1.12 bits per heavy atom. The number of carbonyl (C=O) groups is 2. The fourth-order valence-electron chi connectivity index (χ4n) is 5.83. The van der Waals surface area contributed by atoms with E-state index in [1.165, 1.54) is 18.1 Å². The summed E-state index contributed by atoms with van der Waals surface area (Å²) in [5.41, 5.74) is 2.81. The molecule has 41 heavy (non-hydrogen) atoms. The van der Waals surface area contributed by atoms with Crippen molar-refractivity contribution in [3.63, 3.8) is 0 Å². The third-order valence-corrected chi connectivity index (χ3v) is 9.59. The first kappa shape index (κ1) is 29.7. The Labute approximate surface area is 243 Å². The lowest BCUT2D eigenvalue weighted by atomic mass is 9.88. The van der Waals surface area contributed by atoms with Crippen LogP contribution >= 0.6 is 11.8 Å². The van der Waals surface area contributed by atoms with Crippen LogP contribution in [0.1, 0.15) is 79.8 Å². The summed E-state index contributed by atoms with van der Waals surface area (Å²) in [6, 6.07) is 7.09. The van der Waals surface area contributed by atoms with Crippen molar-refractivity contribution in [2.24, 2.45) is 0 Å². The number of hydrogen-bond acceptors (Lipinski definition) is 7. The zero-order valence-electron chi connectivity index (χ0n) is 23.5. The molecule has 0 unspecified atom stereocenters. The van der Waals surface area contributed by atoms with E-state index in [-0.39, 0.29) is 49.7 Å². The predicted octanol–water partition coefficient (Wildman–Crippen LogP) is 4.42. The summed E-state index contributed by atoms with van der Waals surface area (Å²) < 4.78 is 33.8. The minimum absolute atomic E-state index is 0.0571. The van der Waals surface area contributed by atoms with Crippen molar-refractivity contribution in [1.82, 2.24) is 19.8 Å². The molecule has 2 saturated carbocycles. The van der Waals surface area contributed by atoms with Crippen LogP contribution in [-0.4, -0.2) is 57.7 Å². The minimum Gasteiger partial charge on any atom is -0.469 e. The molecule has 0 bridgehead atoms. The van der Waals surface area contributed by atoms with Crippen LogP contribution < -0.4 is 10.9 Å². The number of hydrogen-bond donors (Lipinski definition) is 1. The average Bonchev–Trinajstić information content (AvgIpc) is 2.95. The van der Waals surface area contributed by atoms with Gasteiger partial charge in [0.2, 0.25) is 5.91 Å². The zero-order valence-corrected chi connectivity index (χ0v) is 24.3. The molecular weight excluding hydrogens is 550 g/mol. The lowest BCUT2D eigenvalue weighted by Gasteiger charge is -2.38. The zero-order chi connectivity index (χ0) is 29.0. The Morgan fingerprint density at radius 3 is 2.51 bits per heavy atom. The molecule has 1 amide bonds. The molecule has 0 saturated heterocycles. The summed E-state index contributed by atoms with van der Waals surface area (Å²) in [4.78, 5) is 44.7. The van der Waals surface area contributed by atoms with E-state index in [0.29, 0.717) is 47.7 Å². The van der Waals surface area contributed by atoms with Crippen molar-refractivity contribution in [3.05, 3.63) is 57.0 Å². The van der Waals surface area contributed by atoms with Gasteiger partial charge in [-0.2, -0.15) is 0 Å². The fourth-order valence-corrected chi connectivity index (χ4v) is 7.21. The highest BCUT2D eigenvalue weighted by Crippen LogP contribution is 2.46. The number of aromatic nitrogens is 2. The molecule has 1 aliphatic heterocycles. The van der Waals surface area contributed by atoms with E-state index in [2.05, 4.69) is 10.1 Å². The van der Waals surface area contributed by atoms with E-state index in [4.69, 9.17) is 4.98 Å². The second-order valence-corrected chi connectivity index (χ2v) is 12.6. The molecule has 0 radical (unpaired) electrons. The molecule has 0 atom stereocenters. The van der Waals surface area contributed by atoms with Gasteiger partial charge in [0, 0.05) is 50.6 Å². The van der Waals surface area contributed by atoms with Crippen LogP contribution in [0.2, 0.25) is 0 Å². The maximum atomic E-state index is 13.8. The van der Waals surface area contributed by atoms with Crippen molar-refractivity contribution in [3.8, 4) is 0 Å². The number of nitrogens with zero attached hydrogens (tertiary/aromatic N) is 3. The molecule has 3 aliphatic rings. The number of halogens is 2. The Bertz CT molecular complexity index is 1300. The number of esters is 1. The molecule has 2 aliphatic carbocycles. The minimum atomic E-state index is -2.74. The number of carbonyl (C=O) groups excluding carboxylic acids is 2. The number of thioether (sulfide) groups is 1. The lowest BCUT2D eigenvalue weighted by molar-refractivity contribution is -0.139. The van der Waals surface area contributed by atoms with Gasteiger partial charge in [-0.15, -0.1) is 0 Å². The van der Waals surface area contributed by atoms with Crippen molar-refractivity contribution in [2.75, 3.05) is 20.2 Å². The van der Waals surface area contributed by atoms with Crippen molar-refractivity contribution in [1.29, 1.82) is 0 Å². The maximum absolute atomic E-state index is 13.8. The molecule has 1 aromatic heterocycles. The molecule has 222 valence electrons. The highest BCUT2D eigenvalue weighted by Gasteiger charge is 2.48. The van der Waals surface area contributed by atoms with Crippen molar-refractivity contribution < 1.29 is 23.1 Å². The van der Waals surface area contributed by atoms with Gasteiger partial charge in [-0.1, -0.05) is 55.3 Å². The van der Waals surface area contributed by atoms with Gasteiger partial charge in [0.15, 0.2) is 5.16 Å². The smallest absolute Gasteiger partial charge is 0.309 e. The summed E-state index contributed by atoms with van der Waals surface area (Å²) in [7, 11) is 1.36. The molecule has 0 spiro atoms. The molecule has 1 aromatic carbocycles. The number of fused-ring (bicyclic) bond motifs is 1. The van der Waals surface area contributed by atoms with E-state index < -0.39 is 12.0 Å². The summed E-state index contributed by atoms with van der Waals surface area (Å²) in [6.07, 6.45) is 5.91. The number of rotatable bonds is 10. The van der Waals surface area contributed by atoms with Crippen LogP contribution in [0.25, 0.3) is 0 Å². The van der Waals surface area contributed by atoms with Crippen LogP contribution in [-0.2, 0) is 40.3 Å². The standard InChI is InChI=1S/C30H38F2N4O4S/c1-40-27(38)15-20-7-9-21(10-8-20)18-33-13-11-26(37)35-14-12-25-24(19-35)28(39)36(22-16-30(31,32)17-22)29(34-25)41-23-5-3-2-4-6-23/h7-10,22-23,33H,2-6,11-19H2,1H3. The molecule has 2 aromatic rings. The molecular formula is C30H38F2N4O4S. The van der Waals surface area contributed by atoms with Crippen molar-refractivity contribution in [2.45, 2.75) is 99.7 Å². The van der Waals surface area contributed by atoms with Crippen LogP contribution in [0.3, 0.4) is 0 Å². The number of benzene rings is 1. The highest BCUT2D eigenvalue weighted by atomic mass is 32.2. The molecule has 2 fully saturated rings. The Balaban J connectivity index is 1.19. The average molecular weight is 589 g/mol. The van der Waals surface area contributed by atoms with Crippen LogP contribution in [0.4, 0.5) is 8.78 Å². The monoisotopic (exact) mass is 588 g/mol. The number of ether oxygens (including phenoxy) is 1. The normalized spacial score (nSPS) is 19.0. The van der Waals surface area contributed by atoms with Gasteiger partial charge in [-0.05, 0) is 24.0 Å². The first-order valence-electron chi connectivity index (χ1n) is 14.5. The first-order chi connectivity index (χ1) is 19.7. The van der Waals surface area contributed by atoms with Gasteiger partial charge in [-0.25, -0.2) is 13.8 Å². The quantitative estimate of drug-likeness (QED) is 0.250. The Kier molecular flexibility index (Phi) is 9.43. The predicted molar refractivity (Wildman–Crippen MR) is 152 cm³/mol. The summed E-state index contributed by atoms with van der Waals surface area (Å²) in [5, 5.41) is 4.20.